The van der Waals surface area contributed by atoms with Gasteiger partial charge in [-0.1, -0.05) is 17.4 Å². The molecular weight excluding hydrogens is 418 g/mol. The monoisotopic (exact) mass is 439 g/mol. The molecule has 2 aromatic heterocycles. The van der Waals surface area contributed by atoms with Crippen LogP contribution in [0, 0.1) is 0 Å². The van der Waals surface area contributed by atoms with Gasteiger partial charge in [0.1, 0.15) is 10.6 Å². The Morgan fingerprint density at radius 1 is 1.07 bits per heavy atom. The van der Waals surface area contributed by atoms with Crippen LogP contribution in [0.4, 0.5) is 10.8 Å². The van der Waals surface area contributed by atoms with Crippen molar-refractivity contribution in [3.63, 3.8) is 0 Å². The fourth-order valence-electron chi connectivity index (χ4n) is 3.43. The van der Waals surface area contributed by atoms with Crippen molar-refractivity contribution in [3.8, 4) is 10.6 Å². The lowest BCUT2D eigenvalue weighted by molar-refractivity contribution is -0.121. The SMILES string of the molecule is CCN(CC)c1nc(-c2cccs2)c(C(=O)c2ccc(N3C(=O)CCC3=O)cc2)s1. The van der Waals surface area contributed by atoms with Gasteiger partial charge in [0.15, 0.2) is 5.13 Å². The highest BCUT2D eigenvalue weighted by Gasteiger charge is 2.30. The maximum atomic E-state index is 13.3. The van der Waals surface area contributed by atoms with Gasteiger partial charge in [-0.25, -0.2) is 4.98 Å². The molecule has 0 N–H and O–H groups in total. The standard InChI is InChI=1S/C22H21N3O3S2/c1-3-24(4-2)22-23-19(16-6-5-13-29-16)21(30-22)20(28)14-7-9-15(10-8-14)25-17(26)11-12-18(25)27/h5-10,13H,3-4,11-12H2,1-2H3. The van der Waals surface area contributed by atoms with Crippen LogP contribution in [0.15, 0.2) is 41.8 Å². The van der Waals surface area contributed by atoms with Crippen LogP contribution in [0.2, 0.25) is 0 Å². The topological polar surface area (TPSA) is 70.6 Å². The van der Waals surface area contributed by atoms with E-state index in [9.17, 15) is 14.4 Å². The summed E-state index contributed by atoms with van der Waals surface area (Å²) in [4.78, 5) is 46.9. The maximum absolute atomic E-state index is 13.3. The summed E-state index contributed by atoms with van der Waals surface area (Å²) in [6.45, 7) is 5.76. The van der Waals surface area contributed by atoms with Crippen LogP contribution >= 0.6 is 22.7 Å². The molecule has 0 bridgehead atoms. The molecule has 30 heavy (non-hydrogen) atoms. The molecule has 1 aliphatic heterocycles. The quantitative estimate of drug-likeness (QED) is 0.397. The van der Waals surface area contributed by atoms with Crippen LogP contribution in [0.25, 0.3) is 10.6 Å². The Balaban J connectivity index is 1.69. The molecule has 0 unspecified atom stereocenters. The molecule has 0 atom stereocenters. The molecule has 0 saturated carbocycles. The first-order valence-electron chi connectivity index (χ1n) is 9.83. The van der Waals surface area contributed by atoms with Gasteiger partial charge in [-0.3, -0.25) is 19.3 Å². The van der Waals surface area contributed by atoms with Crippen LogP contribution in [0.3, 0.4) is 0 Å². The van der Waals surface area contributed by atoms with E-state index < -0.39 is 0 Å². The van der Waals surface area contributed by atoms with Crippen molar-refractivity contribution in [2.75, 3.05) is 22.9 Å². The fraction of sp³-hybridized carbons (Fsp3) is 0.273. The van der Waals surface area contributed by atoms with Crippen molar-refractivity contribution in [3.05, 3.63) is 52.2 Å². The number of aromatic nitrogens is 1. The first-order valence-corrected chi connectivity index (χ1v) is 11.5. The average Bonchev–Trinajstić information content (AvgIpc) is 3.49. The summed E-state index contributed by atoms with van der Waals surface area (Å²) < 4.78 is 0. The first kappa shape index (κ1) is 20.4. The van der Waals surface area contributed by atoms with E-state index in [0.717, 1.165) is 23.1 Å². The van der Waals surface area contributed by atoms with Gasteiger partial charge < -0.3 is 4.90 Å². The van der Waals surface area contributed by atoms with Crippen LogP contribution in [0.1, 0.15) is 41.9 Å². The summed E-state index contributed by atoms with van der Waals surface area (Å²) in [5.41, 5.74) is 1.71. The Labute approximate surface area is 182 Å². The Morgan fingerprint density at radius 2 is 1.73 bits per heavy atom. The van der Waals surface area contributed by atoms with E-state index in [1.54, 1.807) is 35.6 Å². The second-order valence-corrected chi connectivity index (χ2v) is 8.75. The number of imide groups is 1. The molecule has 1 saturated heterocycles. The maximum Gasteiger partial charge on any atom is 0.234 e. The predicted molar refractivity (Wildman–Crippen MR) is 121 cm³/mol. The zero-order valence-electron chi connectivity index (χ0n) is 16.8. The van der Waals surface area contributed by atoms with Gasteiger partial charge in [0.25, 0.3) is 0 Å². The van der Waals surface area contributed by atoms with E-state index in [1.165, 1.54) is 16.2 Å². The molecule has 154 valence electrons. The molecular formula is C22H21N3O3S2. The van der Waals surface area contributed by atoms with Gasteiger partial charge in [0.05, 0.1) is 10.6 Å². The zero-order chi connectivity index (χ0) is 21.3. The van der Waals surface area contributed by atoms with Crippen LogP contribution in [-0.2, 0) is 9.59 Å². The highest BCUT2D eigenvalue weighted by atomic mass is 32.1. The van der Waals surface area contributed by atoms with Crippen molar-refractivity contribution in [1.82, 2.24) is 4.98 Å². The fourth-order valence-corrected chi connectivity index (χ4v) is 5.38. The number of rotatable bonds is 7. The summed E-state index contributed by atoms with van der Waals surface area (Å²) in [6, 6.07) is 10.6. The summed E-state index contributed by atoms with van der Waals surface area (Å²) in [5, 5.41) is 2.80. The Bertz CT molecular complexity index is 1070. The Kier molecular flexibility index (Phi) is 5.78. The van der Waals surface area contributed by atoms with Gasteiger partial charge in [0, 0.05) is 31.5 Å². The number of benzene rings is 1. The Morgan fingerprint density at radius 3 is 2.30 bits per heavy atom. The van der Waals surface area contributed by atoms with E-state index in [2.05, 4.69) is 18.7 Å². The van der Waals surface area contributed by atoms with E-state index in [0.29, 0.717) is 21.8 Å². The van der Waals surface area contributed by atoms with Gasteiger partial charge in [-0.15, -0.1) is 11.3 Å². The summed E-state index contributed by atoms with van der Waals surface area (Å²) >= 11 is 2.96. The summed E-state index contributed by atoms with van der Waals surface area (Å²) in [5.74, 6) is -0.518. The lowest BCUT2D eigenvalue weighted by Gasteiger charge is -2.16. The van der Waals surface area contributed by atoms with Crippen LogP contribution in [0.5, 0.6) is 0 Å². The zero-order valence-corrected chi connectivity index (χ0v) is 18.4. The smallest absolute Gasteiger partial charge is 0.234 e. The molecule has 4 rings (SSSR count). The molecule has 1 aliphatic rings. The molecule has 0 radical (unpaired) electrons. The minimum atomic E-state index is -0.203. The number of thiophene rings is 1. The van der Waals surface area contributed by atoms with Gasteiger partial charge in [-0.2, -0.15) is 0 Å². The molecule has 1 aromatic carbocycles. The van der Waals surface area contributed by atoms with Crippen molar-refractivity contribution in [2.45, 2.75) is 26.7 Å². The van der Waals surface area contributed by atoms with Crippen molar-refractivity contribution < 1.29 is 14.4 Å². The van der Waals surface area contributed by atoms with Gasteiger partial charge >= 0.3 is 0 Å². The normalized spacial score (nSPS) is 13.9. The number of anilines is 2. The molecule has 2 amide bonds. The second kappa shape index (κ2) is 8.49. The molecule has 6 nitrogen and oxygen atoms in total. The number of hydrogen-bond acceptors (Lipinski definition) is 7. The number of amides is 2. The van der Waals surface area contributed by atoms with Crippen LogP contribution < -0.4 is 9.80 Å². The van der Waals surface area contributed by atoms with E-state index >= 15 is 0 Å². The largest absolute Gasteiger partial charge is 0.349 e. The molecule has 1 fully saturated rings. The van der Waals surface area contributed by atoms with Crippen molar-refractivity contribution >= 4 is 51.1 Å². The highest BCUT2D eigenvalue weighted by molar-refractivity contribution is 7.19. The number of ketones is 1. The minimum Gasteiger partial charge on any atom is -0.349 e. The van der Waals surface area contributed by atoms with Crippen molar-refractivity contribution in [1.29, 1.82) is 0 Å². The molecule has 8 heteroatoms. The number of carbonyl (C=O) groups excluding carboxylic acids is 3. The number of thiazole rings is 1. The minimum absolute atomic E-state index is 0.111. The molecule has 3 aromatic rings. The third-order valence-electron chi connectivity index (χ3n) is 5.05. The van der Waals surface area contributed by atoms with E-state index in [1.807, 2.05) is 17.5 Å². The highest BCUT2D eigenvalue weighted by Crippen LogP contribution is 2.37. The number of nitrogens with zero attached hydrogens (tertiary/aromatic N) is 3. The lowest BCUT2D eigenvalue weighted by Crippen LogP contribution is -2.28. The summed E-state index contributed by atoms with van der Waals surface area (Å²) in [7, 11) is 0. The second-order valence-electron chi connectivity index (χ2n) is 6.82. The Hall–Kier alpha value is -2.84. The molecule has 0 aliphatic carbocycles. The number of carbonyl (C=O) groups is 3. The molecule has 0 spiro atoms. The van der Waals surface area contributed by atoms with E-state index in [4.69, 9.17) is 4.98 Å². The average molecular weight is 440 g/mol. The van der Waals surface area contributed by atoms with Gasteiger partial charge in [-0.05, 0) is 49.6 Å². The predicted octanol–water partition coefficient (Wildman–Crippen LogP) is 4.60. The number of hydrogen-bond donors (Lipinski definition) is 0. The molecule has 3 heterocycles. The van der Waals surface area contributed by atoms with E-state index in [-0.39, 0.29) is 30.4 Å². The van der Waals surface area contributed by atoms with Gasteiger partial charge in [0.2, 0.25) is 17.6 Å². The lowest BCUT2D eigenvalue weighted by atomic mass is 10.1. The van der Waals surface area contributed by atoms with Crippen LogP contribution in [-0.4, -0.2) is 35.7 Å². The van der Waals surface area contributed by atoms with Crippen molar-refractivity contribution in [2.24, 2.45) is 0 Å². The summed E-state index contributed by atoms with van der Waals surface area (Å²) in [6.07, 6.45) is 0.470. The third kappa shape index (κ3) is 3.68. The first-order chi connectivity index (χ1) is 14.5. The third-order valence-corrected chi connectivity index (χ3v) is 7.04.